The van der Waals surface area contributed by atoms with E-state index in [-0.39, 0.29) is 5.25 Å². The van der Waals surface area contributed by atoms with E-state index in [0.717, 1.165) is 24.7 Å². The Morgan fingerprint density at radius 3 is 3.00 bits per heavy atom. The van der Waals surface area contributed by atoms with E-state index in [1.54, 1.807) is 18.0 Å². The van der Waals surface area contributed by atoms with Crippen LogP contribution in [-0.2, 0) is 10.8 Å². The van der Waals surface area contributed by atoms with E-state index in [0.29, 0.717) is 5.25 Å². The molecule has 3 atom stereocenters. The van der Waals surface area contributed by atoms with E-state index in [9.17, 15) is 4.21 Å². The van der Waals surface area contributed by atoms with Gasteiger partial charge in [-0.1, -0.05) is 18.7 Å². The second kappa shape index (κ2) is 5.75. The molecule has 0 aromatic carbocycles. The fourth-order valence-corrected chi connectivity index (χ4v) is 2.34. The normalized spacial score (nSPS) is 25.6. The summed E-state index contributed by atoms with van der Waals surface area (Å²) in [5.74, 6) is 0. The number of nitrogens with one attached hydrogen (secondary N) is 1. The SMILES string of the molecule is CCC1CN=C(NCC(C)S(C)=O)S1. The van der Waals surface area contributed by atoms with Crippen molar-refractivity contribution < 1.29 is 4.21 Å². The molecule has 0 radical (unpaired) electrons. The van der Waals surface area contributed by atoms with Gasteiger partial charge in [0.05, 0.1) is 6.54 Å². The first-order valence-electron chi connectivity index (χ1n) is 4.90. The summed E-state index contributed by atoms with van der Waals surface area (Å²) in [4.78, 5) is 4.39. The minimum Gasteiger partial charge on any atom is -0.364 e. The molecule has 0 aliphatic carbocycles. The van der Waals surface area contributed by atoms with Crippen LogP contribution in [-0.4, -0.2) is 39.2 Å². The van der Waals surface area contributed by atoms with Crippen molar-refractivity contribution in [2.75, 3.05) is 19.3 Å². The van der Waals surface area contributed by atoms with Gasteiger partial charge in [0.2, 0.25) is 0 Å². The van der Waals surface area contributed by atoms with Gasteiger partial charge in [-0.2, -0.15) is 0 Å². The molecular formula is C9H18N2OS2. The van der Waals surface area contributed by atoms with E-state index in [1.165, 1.54) is 0 Å². The molecule has 0 spiro atoms. The minimum absolute atomic E-state index is 0.193. The van der Waals surface area contributed by atoms with Gasteiger partial charge in [0.25, 0.3) is 0 Å². The molecule has 0 saturated heterocycles. The lowest BCUT2D eigenvalue weighted by Gasteiger charge is -2.10. The highest BCUT2D eigenvalue weighted by Crippen LogP contribution is 2.21. The van der Waals surface area contributed by atoms with Crippen molar-refractivity contribution >= 4 is 27.7 Å². The van der Waals surface area contributed by atoms with Crippen molar-refractivity contribution in [1.29, 1.82) is 0 Å². The molecule has 1 rings (SSSR count). The van der Waals surface area contributed by atoms with Crippen molar-refractivity contribution in [1.82, 2.24) is 5.32 Å². The second-order valence-corrected chi connectivity index (χ2v) is 6.58. The number of amidine groups is 1. The first-order chi connectivity index (χ1) is 6.63. The van der Waals surface area contributed by atoms with Crippen molar-refractivity contribution in [2.24, 2.45) is 4.99 Å². The molecule has 82 valence electrons. The van der Waals surface area contributed by atoms with Crippen LogP contribution in [0.2, 0.25) is 0 Å². The van der Waals surface area contributed by atoms with Crippen LogP contribution >= 0.6 is 11.8 Å². The van der Waals surface area contributed by atoms with E-state index in [1.807, 2.05) is 6.92 Å². The zero-order valence-corrected chi connectivity index (χ0v) is 10.6. The highest BCUT2D eigenvalue weighted by Gasteiger charge is 2.18. The zero-order valence-electron chi connectivity index (χ0n) is 8.95. The number of thioether (sulfide) groups is 1. The predicted molar refractivity (Wildman–Crippen MR) is 65.5 cm³/mol. The third-order valence-corrected chi connectivity index (χ3v) is 4.89. The molecular weight excluding hydrogens is 216 g/mol. The Hall–Kier alpha value is -0.0300. The average molecular weight is 234 g/mol. The summed E-state index contributed by atoms with van der Waals surface area (Å²) in [6.45, 7) is 5.85. The maximum absolute atomic E-state index is 11.1. The lowest BCUT2D eigenvalue weighted by atomic mass is 10.3. The standard InChI is InChI=1S/C9H18N2OS2/c1-4-8-6-11-9(13-8)10-5-7(2)14(3)12/h7-8H,4-6H2,1-3H3,(H,10,11). The molecule has 3 nitrogen and oxygen atoms in total. The highest BCUT2D eigenvalue weighted by atomic mass is 32.2. The molecule has 0 aromatic heterocycles. The average Bonchev–Trinajstić information content (AvgIpc) is 2.61. The van der Waals surface area contributed by atoms with Gasteiger partial charge in [0, 0.05) is 34.1 Å². The summed E-state index contributed by atoms with van der Waals surface area (Å²) in [5.41, 5.74) is 0. The van der Waals surface area contributed by atoms with Crippen LogP contribution in [0.5, 0.6) is 0 Å². The highest BCUT2D eigenvalue weighted by molar-refractivity contribution is 8.14. The van der Waals surface area contributed by atoms with Crippen LogP contribution in [0.4, 0.5) is 0 Å². The number of nitrogens with zero attached hydrogens (tertiary/aromatic N) is 1. The maximum atomic E-state index is 11.1. The molecule has 0 bridgehead atoms. The van der Waals surface area contributed by atoms with Gasteiger partial charge in [-0.3, -0.25) is 9.20 Å². The summed E-state index contributed by atoms with van der Waals surface area (Å²) in [6.07, 6.45) is 2.90. The number of rotatable bonds is 4. The first-order valence-corrected chi connectivity index (χ1v) is 7.40. The fraction of sp³-hybridized carbons (Fsp3) is 0.889. The Morgan fingerprint density at radius 2 is 2.50 bits per heavy atom. The van der Waals surface area contributed by atoms with Gasteiger partial charge in [-0.05, 0) is 13.3 Å². The summed E-state index contributed by atoms with van der Waals surface area (Å²) in [6, 6.07) is 0. The lowest BCUT2D eigenvalue weighted by Crippen LogP contribution is -2.30. The monoisotopic (exact) mass is 234 g/mol. The summed E-state index contributed by atoms with van der Waals surface area (Å²) in [7, 11) is -0.748. The van der Waals surface area contributed by atoms with Crippen LogP contribution in [0.25, 0.3) is 0 Å². The van der Waals surface area contributed by atoms with Gasteiger partial charge in [-0.25, -0.2) is 0 Å². The Bertz CT molecular complexity index is 243. The molecule has 1 aliphatic rings. The Kier molecular flexibility index (Phi) is 4.95. The fourth-order valence-electron chi connectivity index (χ4n) is 1.08. The van der Waals surface area contributed by atoms with Gasteiger partial charge < -0.3 is 5.32 Å². The molecule has 0 aromatic rings. The third-order valence-electron chi connectivity index (χ3n) is 2.28. The first kappa shape index (κ1) is 12.0. The van der Waals surface area contributed by atoms with Crippen LogP contribution < -0.4 is 5.32 Å². The zero-order chi connectivity index (χ0) is 10.6. The second-order valence-electron chi connectivity index (χ2n) is 3.48. The number of hydrogen-bond acceptors (Lipinski definition) is 4. The predicted octanol–water partition coefficient (Wildman–Crippen LogP) is 1.22. The van der Waals surface area contributed by atoms with Crippen molar-refractivity contribution in [2.45, 2.75) is 30.8 Å². The van der Waals surface area contributed by atoms with E-state index in [4.69, 9.17) is 0 Å². The molecule has 3 unspecified atom stereocenters. The van der Waals surface area contributed by atoms with E-state index in [2.05, 4.69) is 17.2 Å². The Labute approximate surface area is 92.6 Å². The van der Waals surface area contributed by atoms with Crippen molar-refractivity contribution in [3.8, 4) is 0 Å². The molecule has 1 aliphatic heterocycles. The van der Waals surface area contributed by atoms with E-state index >= 15 is 0 Å². The van der Waals surface area contributed by atoms with Crippen molar-refractivity contribution in [3.63, 3.8) is 0 Å². The van der Waals surface area contributed by atoms with Crippen LogP contribution in [0.15, 0.2) is 4.99 Å². The summed E-state index contributed by atoms with van der Waals surface area (Å²) >= 11 is 1.80. The molecule has 0 amide bonds. The summed E-state index contributed by atoms with van der Waals surface area (Å²) < 4.78 is 11.1. The number of aliphatic imine (C=N–C) groups is 1. The molecule has 5 heteroatoms. The quantitative estimate of drug-likeness (QED) is 0.795. The molecule has 1 N–H and O–H groups in total. The molecule has 14 heavy (non-hydrogen) atoms. The van der Waals surface area contributed by atoms with Gasteiger partial charge in [0.1, 0.15) is 0 Å². The van der Waals surface area contributed by atoms with E-state index < -0.39 is 10.8 Å². The topological polar surface area (TPSA) is 41.5 Å². The maximum Gasteiger partial charge on any atom is 0.156 e. The van der Waals surface area contributed by atoms with Gasteiger partial charge in [-0.15, -0.1) is 0 Å². The number of hydrogen-bond donors (Lipinski definition) is 1. The van der Waals surface area contributed by atoms with Gasteiger partial charge in [0.15, 0.2) is 5.17 Å². The van der Waals surface area contributed by atoms with Gasteiger partial charge >= 0.3 is 0 Å². The van der Waals surface area contributed by atoms with Crippen LogP contribution in [0.3, 0.4) is 0 Å². The summed E-state index contributed by atoms with van der Waals surface area (Å²) in [5, 5.41) is 5.10. The van der Waals surface area contributed by atoms with Crippen LogP contribution in [0.1, 0.15) is 20.3 Å². The lowest BCUT2D eigenvalue weighted by molar-refractivity contribution is 0.674. The third kappa shape index (κ3) is 3.61. The molecule has 1 heterocycles. The molecule has 0 saturated carbocycles. The Balaban J connectivity index is 2.23. The smallest absolute Gasteiger partial charge is 0.156 e. The largest absolute Gasteiger partial charge is 0.364 e. The molecule has 0 fully saturated rings. The Morgan fingerprint density at radius 1 is 1.79 bits per heavy atom. The minimum atomic E-state index is -0.748. The van der Waals surface area contributed by atoms with Crippen molar-refractivity contribution in [3.05, 3.63) is 0 Å². The van der Waals surface area contributed by atoms with Crippen LogP contribution in [0, 0.1) is 0 Å².